The molecule has 0 bridgehead atoms. The molecule has 0 radical (unpaired) electrons. The van der Waals surface area contributed by atoms with Crippen LogP contribution in [0.15, 0.2) is 53.6 Å². The van der Waals surface area contributed by atoms with Crippen LogP contribution in [0.25, 0.3) is 15.3 Å². The van der Waals surface area contributed by atoms with Crippen molar-refractivity contribution >= 4 is 24.4 Å². The predicted octanol–water partition coefficient (Wildman–Crippen LogP) is 1.44. The van der Waals surface area contributed by atoms with Crippen LogP contribution in [0.1, 0.15) is 0 Å². The van der Waals surface area contributed by atoms with Crippen molar-refractivity contribution in [3.63, 3.8) is 0 Å². The first-order valence-electron chi connectivity index (χ1n) is 4.88. The number of hydrogen-bond acceptors (Lipinski definition) is 2. The fourth-order valence-electron chi connectivity index (χ4n) is 1.62. The van der Waals surface area contributed by atoms with Gasteiger partial charge in [0.05, 0.1) is 0 Å². The van der Waals surface area contributed by atoms with Gasteiger partial charge in [-0.05, 0) is 0 Å². The molecule has 0 atom stereocenters. The van der Waals surface area contributed by atoms with E-state index in [1.165, 1.54) is 0 Å². The average Bonchev–Trinajstić information content (AvgIpc) is 2.69. The quantitative estimate of drug-likeness (QED) is 0.630. The first-order valence-corrected chi connectivity index (χ1v) is 6.50. The van der Waals surface area contributed by atoms with Crippen LogP contribution in [0, 0.1) is 0 Å². The molecule has 78 valence electrons. The van der Waals surface area contributed by atoms with Gasteiger partial charge in [-0.2, -0.15) is 0 Å². The van der Waals surface area contributed by atoms with Crippen LogP contribution in [0.2, 0.25) is 0 Å². The first-order chi connectivity index (χ1) is 7.86. The van der Waals surface area contributed by atoms with Gasteiger partial charge in [0.1, 0.15) is 0 Å². The summed E-state index contributed by atoms with van der Waals surface area (Å²) in [5.41, 5.74) is 0.965. The molecule has 4 heteroatoms. The van der Waals surface area contributed by atoms with Crippen molar-refractivity contribution in [2.45, 2.75) is 0 Å². The molecule has 3 rings (SSSR count). The van der Waals surface area contributed by atoms with Crippen LogP contribution < -0.4 is 5.56 Å². The first kappa shape index (κ1) is 9.58. The molecule has 2 aromatic heterocycles. The van der Waals surface area contributed by atoms with Gasteiger partial charge in [0.15, 0.2) is 0 Å². The second-order valence-electron chi connectivity index (χ2n) is 3.40. The van der Waals surface area contributed by atoms with E-state index in [1.54, 1.807) is 12.4 Å². The van der Waals surface area contributed by atoms with Gasteiger partial charge in [-0.25, -0.2) is 0 Å². The van der Waals surface area contributed by atoms with Gasteiger partial charge >= 0.3 is 97.8 Å². The van der Waals surface area contributed by atoms with Crippen molar-refractivity contribution in [3.8, 4) is 5.69 Å². The Morgan fingerprint density at radius 3 is 2.75 bits per heavy atom. The summed E-state index contributed by atoms with van der Waals surface area (Å²) in [6.45, 7) is 0. The second kappa shape index (κ2) is 3.74. The Balaban J connectivity index is 2.34. The van der Waals surface area contributed by atoms with Crippen molar-refractivity contribution in [1.82, 2.24) is 8.55 Å². The molecule has 1 aromatic carbocycles. The van der Waals surface area contributed by atoms with E-state index < -0.39 is 0 Å². The molecule has 3 aromatic rings. The van der Waals surface area contributed by atoms with E-state index >= 15 is 0 Å². The van der Waals surface area contributed by atoms with E-state index in [0.29, 0.717) is 0 Å². The number of hydrogen-bond donors (Lipinski definition) is 0. The summed E-state index contributed by atoms with van der Waals surface area (Å²) in [6.07, 6.45) is 3.44. The fourth-order valence-corrected chi connectivity index (χ4v) is 3.68. The van der Waals surface area contributed by atoms with Crippen LogP contribution in [0.5, 0.6) is 0 Å². The fraction of sp³-hybridized carbons (Fsp3) is 0. The molecule has 0 fully saturated rings. The van der Waals surface area contributed by atoms with Gasteiger partial charge in [-0.15, -0.1) is 0 Å². The standard InChI is InChI=1S/C12H8N2OSe/c15-12-10-5-1-2-6-11(10)16-14(12)9-4-3-7-13-8-9/h1-8H. The molecule has 0 aliphatic rings. The van der Waals surface area contributed by atoms with Crippen LogP contribution in [-0.2, 0) is 0 Å². The summed E-state index contributed by atoms with van der Waals surface area (Å²) < 4.78 is 2.95. The zero-order valence-corrected chi connectivity index (χ0v) is 10.0. The van der Waals surface area contributed by atoms with Crippen molar-refractivity contribution in [1.29, 1.82) is 0 Å². The molecule has 0 saturated carbocycles. The van der Waals surface area contributed by atoms with Gasteiger partial charge in [0.25, 0.3) is 0 Å². The maximum atomic E-state index is 12.1. The second-order valence-corrected chi connectivity index (χ2v) is 5.47. The molecule has 0 aliphatic carbocycles. The SMILES string of the molecule is O=c1c2ccccc2[se]n1-c1cccnc1. The summed E-state index contributed by atoms with van der Waals surface area (Å²) in [5, 5.41) is 0.825. The Bertz CT molecular complexity index is 685. The van der Waals surface area contributed by atoms with Crippen molar-refractivity contribution in [3.05, 3.63) is 59.1 Å². The van der Waals surface area contributed by atoms with E-state index in [9.17, 15) is 4.79 Å². The predicted molar refractivity (Wildman–Crippen MR) is 64.3 cm³/mol. The number of benzene rings is 1. The molecule has 0 spiro atoms. The third-order valence-electron chi connectivity index (χ3n) is 2.37. The van der Waals surface area contributed by atoms with Gasteiger partial charge < -0.3 is 0 Å². The average molecular weight is 275 g/mol. The Kier molecular flexibility index (Phi) is 2.24. The van der Waals surface area contributed by atoms with E-state index in [2.05, 4.69) is 4.98 Å². The summed E-state index contributed by atoms with van der Waals surface area (Å²) >= 11 is 0.0384. The Morgan fingerprint density at radius 1 is 1.12 bits per heavy atom. The third-order valence-corrected chi connectivity index (χ3v) is 4.70. The Morgan fingerprint density at radius 2 is 2.00 bits per heavy atom. The number of aromatic nitrogens is 2. The van der Waals surface area contributed by atoms with E-state index in [4.69, 9.17) is 0 Å². The van der Waals surface area contributed by atoms with Gasteiger partial charge in [0, 0.05) is 0 Å². The number of rotatable bonds is 1. The van der Waals surface area contributed by atoms with E-state index in [0.717, 1.165) is 15.3 Å². The Hall–Kier alpha value is -1.64. The van der Waals surface area contributed by atoms with Crippen molar-refractivity contribution in [2.75, 3.05) is 0 Å². The van der Waals surface area contributed by atoms with Crippen LogP contribution in [-0.4, -0.2) is 23.3 Å². The van der Waals surface area contributed by atoms with Gasteiger partial charge in [-0.3, -0.25) is 0 Å². The zero-order valence-electron chi connectivity index (χ0n) is 8.33. The monoisotopic (exact) mass is 276 g/mol. The Labute approximate surface area is 98.0 Å². The molecule has 0 amide bonds. The third kappa shape index (κ3) is 1.43. The minimum atomic E-state index is 0.0384. The van der Waals surface area contributed by atoms with Crippen molar-refractivity contribution < 1.29 is 0 Å². The van der Waals surface area contributed by atoms with Gasteiger partial charge in [0.2, 0.25) is 0 Å². The summed E-state index contributed by atoms with van der Waals surface area (Å²) in [5.74, 6) is 0. The van der Waals surface area contributed by atoms with E-state index in [-0.39, 0.29) is 20.3 Å². The molecule has 0 N–H and O–H groups in total. The molecular formula is C12H8N2OSe. The molecular weight excluding hydrogens is 267 g/mol. The summed E-state index contributed by atoms with van der Waals surface area (Å²) in [4.78, 5) is 16.2. The van der Waals surface area contributed by atoms with Gasteiger partial charge in [-0.1, -0.05) is 0 Å². The van der Waals surface area contributed by atoms with Crippen molar-refractivity contribution in [2.24, 2.45) is 0 Å². The molecule has 0 unspecified atom stereocenters. The molecule has 2 heterocycles. The molecule has 0 aliphatic heterocycles. The normalized spacial score (nSPS) is 10.8. The number of fused-ring (bicyclic) bond motifs is 1. The molecule has 0 saturated heterocycles. The number of pyridine rings is 1. The summed E-state index contributed by atoms with van der Waals surface area (Å²) in [7, 11) is 0. The summed E-state index contributed by atoms with van der Waals surface area (Å²) in [6, 6.07) is 11.5. The topological polar surface area (TPSA) is 34.9 Å². The number of nitrogens with zero attached hydrogens (tertiary/aromatic N) is 2. The van der Waals surface area contributed by atoms with Crippen LogP contribution in [0.3, 0.4) is 0 Å². The van der Waals surface area contributed by atoms with Crippen LogP contribution >= 0.6 is 0 Å². The maximum absolute atomic E-state index is 12.1. The molecule has 16 heavy (non-hydrogen) atoms. The van der Waals surface area contributed by atoms with E-state index in [1.807, 2.05) is 40.0 Å². The van der Waals surface area contributed by atoms with Crippen LogP contribution in [0.4, 0.5) is 0 Å². The minimum absolute atomic E-state index is 0.0384. The zero-order chi connectivity index (χ0) is 11.0. The molecule has 3 nitrogen and oxygen atoms in total.